The summed E-state index contributed by atoms with van der Waals surface area (Å²) in [6.07, 6.45) is -0.265. The van der Waals surface area contributed by atoms with E-state index >= 15 is 0 Å². The monoisotopic (exact) mass is 317 g/mol. The van der Waals surface area contributed by atoms with Crippen LogP contribution in [-0.4, -0.2) is 59.1 Å². The van der Waals surface area contributed by atoms with Crippen molar-refractivity contribution in [2.45, 2.75) is 13.0 Å². The number of fused-ring (bicyclic) bond motifs is 2. The van der Waals surface area contributed by atoms with E-state index in [1.165, 1.54) is 0 Å². The lowest BCUT2D eigenvalue weighted by Crippen LogP contribution is -2.53. The largest absolute Gasteiger partial charge is 0.447 e. The standard InChI is InChI=1S/C15H15N3O3S/c1-9-16-12-3-2-10(6-13(12)22-9)14(19)17-4-5-18-11(7-17)8-21-15(18)20/h2-3,6,11H,4-5,7-8H2,1H3/t11-/m1/s1. The molecule has 0 N–H and O–H groups in total. The van der Waals surface area contributed by atoms with Gasteiger partial charge in [-0.2, -0.15) is 0 Å². The molecule has 0 saturated carbocycles. The van der Waals surface area contributed by atoms with Crippen LogP contribution in [0.4, 0.5) is 4.79 Å². The van der Waals surface area contributed by atoms with Gasteiger partial charge in [0.25, 0.3) is 5.91 Å². The number of piperazine rings is 1. The molecule has 22 heavy (non-hydrogen) atoms. The second-order valence-electron chi connectivity index (χ2n) is 5.59. The molecule has 2 aliphatic rings. The summed E-state index contributed by atoms with van der Waals surface area (Å²) in [6.45, 7) is 3.95. The third-order valence-corrected chi connectivity index (χ3v) is 5.08. The van der Waals surface area contributed by atoms with Crippen molar-refractivity contribution in [3.63, 3.8) is 0 Å². The number of thiazole rings is 1. The fourth-order valence-electron chi connectivity index (χ4n) is 3.03. The highest BCUT2D eigenvalue weighted by molar-refractivity contribution is 7.18. The van der Waals surface area contributed by atoms with E-state index < -0.39 is 0 Å². The molecule has 2 amide bonds. The van der Waals surface area contributed by atoms with Crippen molar-refractivity contribution in [1.82, 2.24) is 14.8 Å². The fraction of sp³-hybridized carbons (Fsp3) is 0.400. The van der Waals surface area contributed by atoms with Crippen LogP contribution < -0.4 is 0 Å². The Kier molecular flexibility index (Phi) is 3.04. The zero-order chi connectivity index (χ0) is 15.3. The number of benzene rings is 1. The zero-order valence-electron chi connectivity index (χ0n) is 12.1. The highest BCUT2D eigenvalue weighted by Crippen LogP contribution is 2.24. The lowest BCUT2D eigenvalue weighted by Gasteiger charge is -2.35. The van der Waals surface area contributed by atoms with Crippen LogP contribution in [0.1, 0.15) is 15.4 Å². The molecule has 2 saturated heterocycles. The maximum Gasteiger partial charge on any atom is 0.410 e. The molecule has 0 unspecified atom stereocenters. The first kappa shape index (κ1) is 13.5. The smallest absolute Gasteiger partial charge is 0.410 e. The lowest BCUT2D eigenvalue weighted by atomic mass is 10.1. The van der Waals surface area contributed by atoms with E-state index in [1.54, 1.807) is 21.1 Å². The Morgan fingerprint density at radius 1 is 1.41 bits per heavy atom. The molecule has 3 heterocycles. The van der Waals surface area contributed by atoms with Gasteiger partial charge >= 0.3 is 6.09 Å². The van der Waals surface area contributed by atoms with Crippen molar-refractivity contribution in [2.24, 2.45) is 0 Å². The minimum Gasteiger partial charge on any atom is -0.447 e. The van der Waals surface area contributed by atoms with Crippen LogP contribution in [0, 0.1) is 6.92 Å². The van der Waals surface area contributed by atoms with E-state index in [0.717, 1.165) is 15.2 Å². The maximum absolute atomic E-state index is 12.7. The first-order valence-corrected chi connectivity index (χ1v) is 8.03. The summed E-state index contributed by atoms with van der Waals surface area (Å²) < 4.78 is 6.07. The Labute approximate surface area is 131 Å². The highest BCUT2D eigenvalue weighted by Gasteiger charge is 2.38. The van der Waals surface area contributed by atoms with Gasteiger partial charge in [-0.25, -0.2) is 9.78 Å². The minimum absolute atomic E-state index is 0.00644. The Balaban J connectivity index is 1.56. The van der Waals surface area contributed by atoms with E-state index in [0.29, 0.717) is 31.8 Å². The van der Waals surface area contributed by atoms with Crippen LogP contribution in [0.2, 0.25) is 0 Å². The van der Waals surface area contributed by atoms with Gasteiger partial charge in [-0.05, 0) is 25.1 Å². The first-order valence-electron chi connectivity index (χ1n) is 7.22. The molecule has 2 aromatic rings. The highest BCUT2D eigenvalue weighted by atomic mass is 32.1. The van der Waals surface area contributed by atoms with Gasteiger partial charge in [0.05, 0.1) is 21.3 Å². The van der Waals surface area contributed by atoms with Gasteiger partial charge < -0.3 is 9.64 Å². The molecule has 7 heteroatoms. The van der Waals surface area contributed by atoms with Crippen LogP contribution in [0.3, 0.4) is 0 Å². The Morgan fingerprint density at radius 3 is 3.14 bits per heavy atom. The Morgan fingerprint density at radius 2 is 2.27 bits per heavy atom. The molecular weight excluding hydrogens is 302 g/mol. The van der Waals surface area contributed by atoms with Crippen molar-refractivity contribution in [2.75, 3.05) is 26.2 Å². The van der Waals surface area contributed by atoms with Crippen LogP contribution in [0.25, 0.3) is 10.2 Å². The van der Waals surface area contributed by atoms with E-state index in [2.05, 4.69) is 4.98 Å². The normalized spacial score (nSPS) is 21.1. The van der Waals surface area contributed by atoms with E-state index in [9.17, 15) is 9.59 Å². The molecular formula is C15H15N3O3S. The molecule has 114 valence electrons. The molecule has 1 atom stereocenters. The summed E-state index contributed by atoms with van der Waals surface area (Å²) in [6, 6.07) is 5.61. The predicted molar refractivity (Wildman–Crippen MR) is 82.1 cm³/mol. The summed E-state index contributed by atoms with van der Waals surface area (Å²) in [4.78, 5) is 32.1. The molecule has 0 aliphatic carbocycles. The summed E-state index contributed by atoms with van der Waals surface area (Å²) in [7, 11) is 0. The molecule has 0 spiro atoms. The number of hydrogen-bond acceptors (Lipinski definition) is 5. The molecule has 1 aromatic heterocycles. The van der Waals surface area contributed by atoms with Crippen molar-refractivity contribution < 1.29 is 14.3 Å². The topological polar surface area (TPSA) is 62.7 Å². The van der Waals surface area contributed by atoms with Gasteiger partial charge in [-0.1, -0.05) is 0 Å². The average molecular weight is 317 g/mol. The molecule has 1 aromatic carbocycles. The molecule has 2 aliphatic heterocycles. The summed E-state index contributed by atoms with van der Waals surface area (Å²) in [5.74, 6) is 0.00644. The van der Waals surface area contributed by atoms with Gasteiger partial charge in [0.15, 0.2) is 0 Å². The SMILES string of the molecule is Cc1nc2ccc(C(=O)N3CCN4C(=O)OC[C@H]4C3)cc2s1. The number of rotatable bonds is 1. The molecule has 4 rings (SSSR count). The number of nitrogens with zero attached hydrogens (tertiary/aromatic N) is 3. The number of aryl methyl sites for hydroxylation is 1. The van der Waals surface area contributed by atoms with Gasteiger partial charge in [-0.3, -0.25) is 9.69 Å². The number of carbonyl (C=O) groups is 2. The van der Waals surface area contributed by atoms with Crippen LogP contribution >= 0.6 is 11.3 Å². The molecule has 0 radical (unpaired) electrons. The molecule has 6 nitrogen and oxygen atoms in total. The number of hydrogen-bond donors (Lipinski definition) is 0. The number of ether oxygens (including phenoxy) is 1. The molecule has 2 fully saturated rings. The van der Waals surface area contributed by atoms with Crippen LogP contribution in [0.5, 0.6) is 0 Å². The lowest BCUT2D eigenvalue weighted by molar-refractivity contribution is 0.0617. The van der Waals surface area contributed by atoms with Gasteiger partial charge in [-0.15, -0.1) is 11.3 Å². The van der Waals surface area contributed by atoms with Gasteiger partial charge in [0.2, 0.25) is 0 Å². The van der Waals surface area contributed by atoms with E-state index in [4.69, 9.17) is 4.74 Å². The summed E-state index contributed by atoms with van der Waals surface area (Å²) in [5.41, 5.74) is 1.61. The fourth-order valence-corrected chi connectivity index (χ4v) is 3.89. The maximum atomic E-state index is 12.7. The van der Waals surface area contributed by atoms with Crippen LogP contribution in [-0.2, 0) is 4.74 Å². The first-order chi connectivity index (χ1) is 10.6. The van der Waals surface area contributed by atoms with Crippen molar-refractivity contribution >= 4 is 33.6 Å². The van der Waals surface area contributed by atoms with Crippen molar-refractivity contribution in [1.29, 1.82) is 0 Å². The van der Waals surface area contributed by atoms with Crippen molar-refractivity contribution in [3.8, 4) is 0 Å². The average Bonchev–Trinajstić information content (AvgIpc) is 3.07. The number of carbonyl (C=O) groups excluding carboxylic acids is 2. The number of amides is 2. The second-order valence-corrected chi connectivity index (χ2v) is 6.83. The predicted octanol–water partition coefficient (Wildman–Crippen LogP) is 1.88. The summed E-state index contributed by atoms with van der Waals surface area (Å²) in [5, 5.41) is 0.995. The van der Waals surface area contributed by atoms with Crippen molar-refractivity contribution in [3.05, 3.63) is 28.8 Å². The Bertz CT molecular complexity index is 772. The van der Waals surface area contributed by atoms with E-state index in [-0.39, 0.29) is 18.0 Å². The second kappa shape index (κ2) is 4.95. The Hall–Kier alpha value is -2.15. The quantitative estimate of drug-likeness (QED) is 0.806. The third kappa shape index (κ3) is 2.12. The minimum atomic E-state index is -0.265. The van der Waals surface area contributed by atoms with E-state index in [1.807, 2.05) is 25.1 Å². The van der Waals surface area contributed by atoms with Gasteiger partial charge in [0.1, 0.15) is 6.61 Å². The summed E-state index contributed by atoms with van der Waals surface area (Å²) >= 11 is 1.59. The number of cyclic esters (lactones) is 1. The zero-order valence-corrected chi connectivity index (χ0v) is 12.9. The van der Waals surface area contributed by atoms with Gasteiger partial charge in [0, 0.05) is 25.2 Å². The van der Waals surface area contributed by atoms with Crippen LogP contribution in [0.15, 0.2) is 18.2 Å². The number of aromatic nitrogens is 1. The molecule has 0 bridgehead atoms. The third-order valence-electron chi connectivity index (χ3n) is 4.15.